The Labute approximate surface area is 122 Å². The molecule has 0 radical (unpaired) electrons. The van der Waals surface area contributed by atoms with Gasteiger partial charge < -0.3 is 0 Å². The van der Waals surface area contributed by atoms with Gasteiger partial charge in [0.15, 0.2) is 0 Å². The fraction of sp³-hybridized carbons (Fsp3) is 0.421. The van der Waals surface area contributed by atoms with E-state index in [9.17, 15) is 0 Å². The van der Waals surface area contributed by atoms with Gasteiger partial charge in [-0.25, -0.2) is 0 Å². The quantitative estimate of drug-likeness (QED) is 0.780. The first-order valence-electron chi connectivity index (χ1n) is 7.94. The number of hydrogen-bond donors (Lipinski definition) is 0. The van der Waals surface area contributed by atoms with Gasteiger partial charge in [0.1, 0.15) is 0 Å². The van der Waals surface area contributed by atoms with Crippen molar-refractivity contribution in [3.05, 3.63) is 52.7 Å². The Balaban J connectivity index is 2.24. The van der Waals surface area contributed by atoms with Gasteiger partial charge >= 0.3 is 0 Å². The second-order valence-electron chi connectivity index (χ2n) is 5.62. The Morgan fingerprint density at radius 3 is 2.25 bits per heavy atom. The molecule has 1 heterocycles. The average Bonchev–Trinajstić information content (AvgIpc) is 2.54. The maximum absolute atomic E-state index is 5.05. The van der Waals surface area contributed by atoms with Crippen LogP contribution in [0.1, 0.15) is 49.1 Å². The molecule has 0 unspecified atom stereocenters. The number of rotatable bonds is 3. The molecule has 0 saturated carbocycles. The first-order chi connectivity index (χ1) is 9.85. The van der Waals surface area contributed by atoms with Crippen LogP contribution in [-0.2, 0) is 25.7 Å². The molecule has 0 atom stereocenters. The standard InChI is InChI=1S/C19H23N/c1-3-15-16-12-8-9-13-17(16)18(4-2)20-19(15)14-10-6-5-7-11-14/h5-7,10-11H,3-4,8-9,12-13H2,1-2H3. The molecule has 1 nitrogen and oxygen atoms in total. The molecule has 3 rings (SSSR count). The van der Waals surface area contributed by atoms with Crippen molar-refractivity contribution < 1.29 is 0 Å². The summed E-state index contributed by atoms with van der Waals surface area (Å²) in [5.41, 5.74) is 8.50. The smallest absolute Gasteiger partial charge is 0.0740 e. The molecule has 0 fully saturated rings. The van der Waals surface area contributed by atoms with Crippen LogP contribution in [0.15, 0.2) is 30.3 Å². The van der Waals surface area contributed by atoms with Crippen molar-refractivity contribution in [2.45, 2.75) is 52.4 Å². The van der Waals surface area contributed by atoms with Crippen molar-refractivity contribution in [3.8, 4) is 11.3 Å². The second kappa shape index (κ2) is 5.78. The number of aromatic nitrogens is 1. The third-order valence-electron chi connectivity index (χ3n) is 4.45. The van der Waals surface area contributed by atoms with E-state index in [1.165, 1.54) is 48.2 Å². The molecule has 0 spiro atoms. The Morgan fingerprint density at radius 2 is 1.60 bits per heavy atom. The van der Waals surface area contributed by atoms with Crippen molar-refractivity contribution in [1.82, 2.24) is 4.98 Å². The number of aryl methyl sites for hydroxylation is 1. The van der Waals surface area contributed by atoms with Gasteiger partial charge in [-0.1, -0.05) is 44.2 Å². The fourth-order valence-electron chi connectivity index (χ4n) is 3.48. The summed E-state index contributed by atoms with van der Waals surface area (Å²) >= 11 is 0. The van der Waals surface area contributed by atoms with Crippen LogP contribution in [0.25, 0.3) is 11.3 Å². The molecular formula is C19H23N. The summed E-state index contributed by atoms with van der Waals surface area (Å²) in [6.45, 7) is 4.50. The molecular weight excluding hydrogens is 242 g/mol. The van der Waals surface area contributed by atoms with E-state index in [-0.39, 0.29) is 0 Å². The number of pyridine rings is 1. The first-order valence-corrected chi connectivity index (χ1v) is 7.94. The van der Waals surface area contributed by atoms with Crippen LogP contribution < -0.4 is 0 Å². The van der Waals surface area contributed by atoms with Gasteiger partial charge in [-0.2, -0.15) is 0 Å². The summed E-state index contributed by atoms with van der Waals surface area (Å²) in [6, 6.07) is 10.7. The van der Waals surface area contributed by atoms with E-state index in [4.69, 9.17) is 4.98 Å². The number of benzene rings is 1. The molecule has 1 heteroatoms. The van der Waals surface area contributed by atoms with Gasteiger partial charge in [-0.3, -0.25) is 4.98 Å². The van der Waals surface area contributed by atoms with Gasteiger partial charge in [-0.05, 0) is 55.2 Å². The highest BCUT2D eigenvalue weighted by molar-refractivity contribution is 5.66. The summed E-state index contributed by atoms with van der Waals surface area (Å²) in [6.07, 6.45) is 7.27. The van der Waals surface area contributed by atoms with Crippen LogP contribution in [0.5, 0.6) is 0 Å². The number of nitrogens with zero attached hydrogens (tertiary/aromatic N) is 1. The third kappa shape index (κ3) is 2.26. The van der Waals surface area contributed by atoms with Crippen LogP contribution in [0, 0.1) is 0 Å². The molecule has 0 saturated heterocycles. The Hall–Kier alpha value is -1.63. The van der Waals surface area contributed by atoms with Crippen molar-refractivity contribution in [2.75, 3.05) is 0 Å². The number of hydrogen-bond acceptors (Lipinski definition) is 1. The molecule has 0 amide bonds. The van der Waals surface area contributed by atoms with E-state index in [0.29, 0.717) is 0 Å². The molecule has 20 heavy (non-hydrogen) atoms. The molecule has 0 aliphatic heterocycles. The van der Waals surface area contributed by atoms with Crippen molar-refractivity contribution in [3.63, 3.8) is 0 Å². The molecule has 1 aromatic carbocycles. The minimum atomic E-state index is 1.05. The predicted molar refractivity (Wildman–Crippen MR) is 85.1 cm³/mol. The largest absolute Gasteiger partial charge is 0.252 e. The highest BCUT2D eigenvalue weighted by atomic mass is 14.7. The molecule has 1 aliphatic carbocycles. The zero-order chi connectivity index (χ0) is 13.9. The molecule has 1 aromatic heterocycles. The number of fused-ring (bicyclic) bond motifs is 1. The van der Waals surface area contributed by atoms with Crippen LogP contribution in [0.2, 0.25) is 0 Å². The fourth-order valence-corrected chi connectivity index (χ4v) is 3.48. The van der Waals surface area contributed by atoms with Gasteiger partial charge in [0.2, 0.25) is 0 Å². The molecule has 1 aliphatic rings. The molecule has 0 bridgehead atoms. The van der Waals surface area contributed by atoms with E-state index in [1.807, 2.05) is 0 Å². The highest BCUT2D eigenvalue weighted by Gasteiger charge is 2.20. The highest BCUT2D eigenvalue weighted by Crippen LogP contribution is 2.33. The lowest BCUT2D eigenvalue weighted by Gasteiger charge is -2.24. The van der Waals surface area contributed by atoms with Crippen LogP contribution in [0.3, 0.4) is 0 Å². The van der Waals surface area contributed by atoms with E-state index >= 15 is 0 Å². The maximum Gasteiger partial charge on any atom is 0.0740 e. The topological polar surface area (TPSA) is 12.9 Å². The van der Waals surface area contributed by atoms with Crippen molar-refractivity contribution >= 4 is 0 Å². The summed E-state index contributed by atoms with van der Waals surface area (Å²) < 4.78 is 0. The third-order valence-corrected chi connectivity index (χ3v) is 4.45. The summed E-state index contributed by atoms with van der Waals surface area (Å²) in [5.74, 6) is 0. The zero-order valence-corrected chi connectivity index (χ0v) is 12.6. The van der Waals surface area contributed by atoms with Gasteiger partial charge in [0, 0.05) is 11.3 Å². The molecule has 0 N–H and O–H groups in total. The van der Waals surface area contributed by atoms with E-state index in [0.717, 1.165) is 12.8 Å². The molecule has 2 aromatic rings. The van der Waals surface area contributed by atoms with E-state index < -0.39 is 0 Å². The Morgan fingerprint density at radius 1 is 0.900 bits per heavy atom. The summed E-state index contributed by atoms with van der Waals surface area (Å²) in [7, 11) is 0. The normalized spacial score (nSPS) is 14.1. The van der Waals surface area contributed by atoms with Crippen LogP contribution in [-0.4, -0.2) is 4.98 Å². The van der Waals surface area contributed by atoms with E-state index in [2.05, 4.69) is 44.2 Å². The summed E-state index contributed by atoms with van der Waals surface area (Å²) in [5, 5.41) is 0. The SMILES string of the molecule is CCc1nc(-c2ccccc2)c(CC)c2c1CCCC2. The Bertz CT molecular complexity index is 599. The van der Waals surface area contributed by atoms with Gasteiger partial charge in [0.05, 0.1) is 5.69 Å². The van der Waals surface area contributed by atoms with E-state index in [1.54, 1.807) is 11.1 Å². The second-order valence-corrected chi connectivity index (χ2v) is 5.62. The van der Waals surface area contributed by atoms with Crippen molar-refractivity contribution in [2.24, 2.45) is 0 Å². The predicted octanol–water partition coefficient (Wildman–Crippen LogP) is 4.75. The van der Waals surface area contributed by atoms with Crippen molar-refractivity contribution in [1.29, 1.82) is 0 Å². The minimum absolute atomic E-state index is 1.05. The monoisotopic (exact) mass is 265 g/mol. The van der Waals surface area contributed by atoms with Crippen LogP contribution >= 0.6 is 0 Å². The first kappa shape index (κ1) is 13.4. The van der Waals surface area contributed by atoms with Gasteiger partial charge in [0.25, 0.3) is 0 Å². The van der Waals surface area contributed by atoms with Gasteiger partial charge in [-0.15, -0.1) is 0 Å². The molecule has 104 valence electrons. The zero-order valence-electron chi connectivity index (χ0n) is 12.6. The lowest BCUT2D eigenvalue weighted by Crippen LogP contribution is -2.13. The summed E-state index contributed by atoms with van der Waals surface area (Å²) in [4.78, 5) is 5.05. The minimum Gasteiger partial charge on any atom is -0.252 e. The average molecular weight is 265 g/mol. The Kier molecular flexibility index (Phi) is 3.86. The lowest BCUT2D eigenvalue weighted by atomic mass is 9.84. The maximum atomic E-state index is 5.05. The lowest BCUT2D eigenvalue weighted by molar-refractivity contribution is 0.666. The van der Waals surface area contributed by atoms with Crippen LogP contribution in [0.4, 0.5) is 0 Å².